The fourth-order valence-electron chi connectivity index (χ4n) is 2.44. The molecule has 0 spiro atoms. The first kappa shape index (κ1) is 16.6. The first-order valence-electron chi connectivity index (χ1n) is 7.30. The van der Waals surface area contributed by atoms with E-state index in [0.717, 1.165) is 11.1 Å². The average molecular weight is 300 g/mol. The Morgan fingerprint density at radius 2 is 1.73 bits per heavy atom. The van der Waals surface area contributed by atoms with Gasteiger partial charge in [0, 0.05) is 11.4 Å². The van der Waals surface area contributed by atoms with E-state index >= 15 is 0 Å². The molecule has 22 heavy (non-hydrogen) atoms. The summed E-state index contributed by atoms with van der Waals surface area (Å²) in [6.07, 6.45) is 5.29. The fourth-order valence-corrected chi connectivity index (χ4v) is 2.44. The molecule has 0 saturated carbocycles. The molecule has 0 bridgehead atoms. The third-order valence-corrected chi connectivity index (χ3v) is 4.50. The minimum absolute atomic E-state index is 0.0633. The van der Waals surface area contributed by atoms with Gasteiger partial charge in [0.15, 0.2) is 0 Å². The molecule has 116 valence electrons. The van der Waals surface area contributed by atoms with E-state index in [0.29, 0.717) is 0 Å². The summed E-state index contributed by atoms with van der Waals surface area (Å²) in [5, 5.41) is 9.22. The smallest absolute Gasteiger partial charge is 0.466 e. The molecule has 1 aliphatic heterocycles. The second-order valence-electron chi connectivity index (χ2n) is 6.60. The van der Waals surface area contributed by atoms with Gasteiger partial charge in [-0.05, 0) is 45.4 Å². The standard InChI is InChI=1S/C17H21BO4/c1-6-12-7-9-13(10-8-12)14(11-15(19)20)18-21-16(2,3)17(4,5)22-18/h1,7-10,14H,11H2,2-5H3,(H,19,20). The number of carboxylic acid groups (broad SMARTS) is 1. The maximum atomic E-state index is 11.2. The van der Waals surface area contributed by atoms with Crippen LogP contribution >= 0.6 is 0 Å². The normalized spacial score (nSPS) is 20.4. The number of aliphatic carboxylic acids is 1. The molecule has 0 aliphatic carbocycles. The van der Waals surface area contributed by atoms with E-state index in [2.05, 4.69) is 5.92 Å². The molecule has 1 N–H and O–H groups in total. The van der Waals surface area contributed by atoms with Crippen LogP contribution < -0.4 is 0 Å². The van der Waals surface area contributed by atoms with Crippen LogP contribution in [0.4, 0.5) is 0 Å². The van der Waals surface area contributed by atoms with Crippen molar-refractivity contribution in [3.05, 3.63) is 35.4 Å². The molecule has 0 amide bonds. The van der Waals surface area contributed by atoms with Crippen molar-refractivity contribution in [3.8, 4) is 12.3 Å². The van der Waals surface area contributed by atoms with Crippen molar-refractivity contribution in [1.29, 1.82) is 0 Å². The van der Waals surface area contributed by atoms with Crippen molar-refractivity contribution >= 4 is 13.1 Å². The van der Waals surface area contributed by atoms with E-state index in [-0.39, 0.29) is 12.2 Å². The summed E-state index contributed by atoms with van der Waals surface area (Å²) in [6, 6.07) is 7.28. The minimum atomic E-state index is -0.888. The lowest BCUT2D eigenvalue weighted by molar-refractivity contribution is -0.137. The summed E-state index contributed by atoms with van der Waals surface area (Å²) in [5.41, 5.74) is 0.618. The third kappa shape index (κ3) is 3.19. The highest BCUT2D eigenvalue weighted by Crippen LogP contribution is 2.41. The summed E-state index contributed by atoms with van der Waals surface area (Å²) in [7, 11) is -0.599. The van der Waals surface area contributed by atoms with Gasteiger partial charge in [0.1, 0.15) is 0 Å². The Kier molecular flexibility index (Phi) is 4.37. The highest BCUT2D eigenvalue weighted by atomic mass is 16.7. The second-order valence-corrected chi connectivity index (χ2v) is 6.60. The van der Waals surface area contributed by atoms with Gasteiger partial charge in [0.25, 0.3) is 0 Å². The number of terminal acetylenes is 1. The molecule has 1 saturated heterocycles. The Bertz CT molecular complexity index is 582. The summed E-state index contributed by atoms with van der Waals surface area (Å²) < 4.78 is 12.0. The largest absolute Gasteiger partial charge is 0.481 e. The molecule has 1 aromatic rings. The van der Waals surface area contributed by atoms with Gasteiger partial charge >= 0.3 is 13.1 Å². The number of benzene rings is 1. The van der Waals surface area contributed by atoms with Crippen molar-refractivity contribution in [3.63, 3.8) is 0 Å². The predicted molar refractivity (Wildman–Crippen MR) is 85.5 cm³/mol. The predicted octanol–water partition coefficient (Wildman–Crippen LogP) is 2.86. The van der Waals surface area contributed by atoms with Gasteiger partial charge in [-0.2, -0.15) is 0 Å². The van der Waals surface area contributed by atoms with E-state index in [1.165, 1.54) is 0 Å². The van der Waals surface area contributed by atoms with Crippen molar-refractivity contribution in [1.82, 2.24) is 0 Å². The number of rotatable bonds is 4. The molecule has 1 atom stereocenters. The molecule has 1 fully saturated rings. The van der Waals surface area contributed by atoms with Crippen molar-refractivity contribution in [2.45, 2.75) is 51.1 Å². The Morgan fingerprint density at radius 1 is 1.23 bits per heavy atom. The summed E-state index contributed by atoms with van der Waals surface area (Å²) in [6.45, 7) is 7.80. The molecule has 1 heterocycles. The molecule has 5 heteroatoms. The van der Waals surface area contributed by atoms with Crippen LogP contribution in [0.2, 0.25) is 0 Å². The van der Waals surface area contributed by atoms with Crippen LogP contribution in [0.5, 0.6) is 0 Å². The summed E-state index contributed by atoms with van der Waals surface area (Å²) in [4.78, 5) is 11.2. The second kappa shape index (κ2) is 5.79. The fraction of sp³-hybridized carbons (Fsp3) is 0.471. The molecule has 0 aromatic heterocycles. The molecular weight excluding hydrogens is 279 g/mol. The minimum Gasteiger partial charge on any atom is -0.481 e. The summed E-state index contributed by atoms with van der Waals surface area (Å²) >= 11 is 0. The Labute approximate surface area is 132 Å². The molecular formula is C17H21BO4. The molecule has 1 aromatic carbocycles. The first-order valence-corrected chi connectivity index (χ1v) is 7.30. The van der Waals surface area contributed by atoms with Crippen LogP contribution in [0.3, 0.4) is 0 Å². The number of hydrogen-bond donors (Lipinski definition) is 1. The van der Waals surface area contributed by atoms with Crippen molar-refractivity contribution in [2.75, 3.05) is 0 Å². The third-order valence-electron chi connectivity index (χ3n) is 4.50. The zero-order chi connectivity index (χ0) is 16.5. The molecule has 1 unspecified atom stereocenters. The maximum absolute atomic E-state index is 11.2. The maximum Gasteiger partial charge on any atom is 0.466 e. The van der Waals surface area contributed by atoms with Gasteiger partial charge in [-0.25, -0.2) is 0 Å². The lowest BCUT2D eigenvalue weighted by Gasteiger charge is -2.32. The highest BCUT2D eigenvalue weighted by Gasteiger charge is 2.54. The van der Waals surface area contributed by atoms with E-state index in [9.17, 15) is 9.90 Å². The Hall–Kier alpha value is -1.77. The van der Waals surface area contributed by atoms with Crippen molar-refractivity contribution in [2.24, 2.45) is 0 Å². The van der Waals surface area contributed by atoms with E-state index in [4.69, 9.17) is 15.7 Å². The van der Waals surface area contributed by atoms with Crippen LogP contribution in [0, 0.1) is 12.3 Å². The van der Waals surface area contributed by atoms with Crippen LogP contribution in [-0.2, 0) is 14.1 Å². The molecule has 1 aliphatic rings. The van der Waals surface area contributed by atoms with Gasteiger partial charge < -0.3 is 14.4 Å². The highest BCUT2D eigenvalue weighted by molar-refractivity contribution is 6.48. The van der Waals surface area contributed by atoms with Gasteiger partial charge in [0.2, 0.25) is 0 Å². The van der Waals surface area contributed by atoms with Gasteiger partial charge in [-0.15, -0.1) is 6.42 Å². The molecule has 0 radical (unpaired) electrons. The van der Waals surface area contributed by atoms with E-state index in [1.807, 2.05) is 39.8 Å². The number of hydrogen-bond acceptors (Lipinski definition) is 3. The molecule has 4 nitrogen and oxygen atoms in total. The van der Waals surface area contributed by atoms with E-state index < -0.39 is 24.3 Å². The first-order chi connectivity index (χ1) is 10.2. The van der Waals surface area contributed by atoms with Crippen LogP contribution in [0.15, 0.2) is 24.3 Å². The van der Waals surface area contributed by atoms with Gasteiger partial charge in [0.05, 0.1) is 17.6 Å². The Morgan fingerprint density at radius 3 is 2.14 bits per heavy atom. The Balaban J connectivity index is 2.31. The number of carboxylic acids is 1. The van der Waals surface area contributed by atoms with Crippen LogP contribution in [0.25, 0.3) is 0 Å². The quantitative estimate of drug-likeness (QED) is 0.686. The SMILES string of the molecule is C#Cc1ccc(C(CC(=O)O)B2OC(C)(C)C(C)(C)O2)cc1. The monoisotopic (exact) mass is 300 g/mol. The zero-order valence-electron chi connectivity index (χ0n) is 13.4. The lowest BCUT2D eigenvalue weighted by atomic mass is 9.66. The lowest BCUT2D eigenvalue weighted by Crippen LogP contribution is -2.41. The number of carbonyl (C=O) groups is 1. The van der Waals surface area contributed by atoms with Crippen LogP contribution in [-0.4, -0.2) is 29.4 Å². The topological polar surface area (TPSA) is 55.8 Å². The van der Waals surface area contributed by atoms with Gasteiger partial charge in [-0.1, -0.05) is 18.1 Å². The molecule has 2 rings (SSSR count). The van der Waals surface area contributed by atoms with Crippen LogP contribution in [0.1, 0.15) is 51.1 Å². The average Bonchev–Trinajstić information content (AvgIpc) is 2.64. The van der Waals surface area contributed by atoms with E-state index in [1.54, 1.807) is 12.1 Å². The van der Waals surface area contributed by atoms with Gasteiger partial charge in [-0.3, -0.25) is 4.79 Å². The zero-order valence-corrected chi connectivity index (χ0v) is 13.4. The summed E-state index contributed by atoms with van der Waals surface area (Å²) in [5.74, 6) is 1.28. The van der Waals surface area contributed by atoms with Crippen molar-refractivity contribution < 1.29 is 19.2 Å².